The molecule has 0 heterocycles. The first-order chi connectivity index (χ1) is 10.4. The van der Waals surface area contributed by atoms with Crippen LogP contribution in [0.4, 0.5) is 0 Å². The van der Waals surface area contributed by atoms with Crippen molar-refractivity contribution in [2.75, 3.05) is 0 Å². The second-order valence-corrected chi connectivity index (χ2v) is 9.43. The van der Waals surface area contributed by atoms with Gasteiger partial charge in [0.25, 0.3) is 0 Å². The summed E-state index contributed by atoms with van der Waals surface area (Å²) in [5.74, 6) is 0.509. The van der Waals surface area contributed by atoms with E-state index in [9.17, 15) is 0 Å². The van der Waals surface area contributed by atoms with E-state index in [2.05, 4.69) is 71.2 Å². The van der Waals surface area contributed by atoms with Crippen molar-refractivity contribution < 1.29 is 25.8 Å². The van der Waals surface area contributed by atoms with Crippen molar-refractivity contribution in [3.05, 3.63) is 84.2 Å². The van der Waals surface area contributed by atoms with Crippen LogP contribution in [0, 0.1) is 26.8 Å². The van der Waals surface area contributed by atoms with Gasteiger partial charge < -0.3 is 14.9 Å². The number of fused-ring (bicyclic) bond motifs is 1. The number of allylic oxidation sites excluding steroid dienone is 12. The Morgan fingerprint density at radius 1 is 1.12 bits per heavy atom. The molecule has 3 aliphatic carbocycles. The Morgan fingerprint density at radius 3 is 2.28 bits per heavy atom. The molecule has 134 valence electrons. The predicted molar refractivity (Wildman–Crippen MR) is 112 cm³/mol. The molecule has 1 atom stereocenters. The maximum atomic E-state index is 3.64. The Balaban J connectivity index is 0.00000192. The van der Waals surface area contributed by atoms with Crippen LogP contribution in [0.15, 0.2) is 63.3 Å². The summed E-state index contributed by atoms with van der Waals surface area (Å²) >= 11 is 0. The zero-order valence-electron chi connectivity index (χ0n) is 17.1. The van der Waals surface area contributed by atoms with Crippen LogP contribution in [-0.2, 0) is 25.8 Å². The third-order valence-corrected chi connectivity index (χ3v) is 6.98. The third-order valence-electron chi connectivity index (χ3n) is 5.23. The average molecular weight is 514 g/mol. The first-order valence-corrected chi connectivity index (χ1v) is 10.7. The first kappa shape index (κ1) is 24.4. The fourth-order valence-electron chi connectivity index (χ4n) is 3.88. The summed E-state index contributed by atoms with van der Waals surface area (Å²) in [5, 5.41) is 1.63. The fourth-order valence-corrected chi connectivity index (χ4v) is 5.31. The molecule has 2 heteroatoms. The van der Waals surface area contributed by atoms with Crippen LogP contribution < -0.4 is 0 Å². The second-order valence-electron chi connectivity index (χ2n) is 6.85. The van der Waals surface area contributed by atoms with Crippen LogP contribution >= 0.6 is 0 Å². The predicted octanol–water partition coefficient (Wildman–Crippen LogP) is 6.25. The third kappa shape index (κ3) is 4.22. The Morgan fingerprint density at radius 2 is 1.76 bits per heavy atom. The zero-order valence-corrected chi connectivity index (χ0v) is 21.7. The van der Waals surface area contributed by atoms with Crippen LogP contribution in [-0.4, -0.2) is 13.6 Å². The SMILES string of the molecule is CC1=[C-]C2=CC=CC(=[Si](C)C)C(C)C2=C1C1=C(C)C(C)=CC1.[CH3-].[CH3-].[Hf]. The molecule has 1 unspecified atom stereocenters. The second kappa shape index (κ2) is 9.37. The normalized spacial score (nSPS) is 21.4. The molecule has 0 saturated heterocycles. The van der Waals surface area contributed by atoms with Crippen molar-refractivity contribution in [2.24, 2.45) is 5.92 Å². The van der Waals surface area contributed by atoms with Crippen molar-refractivity contribution in [2.45, 2.75) is 47.2 Å². The van der Waals surface area contributed by atoms with Gasteiger partial charge in [-0.25, -0.2) is 0 Å². The molecular weight excluding hydrogens is 483 g/mol. The van der Waals surface area contributed by atoms with E-state index in [1.165, 1.54) is 39.0 Å². The zero-order chi connectivity index (χ0) is 16.0. The van der Waals surface area contributed by atoms with Gasteiger partial charge in [-0.2, -0.15) is 5.57 Å². The summed E-state index contributed by atoms with van der Waals surface area (Å²) in [4.78, 5) is 0. The number of hydrogen-bond acceptors (Lipinski definition) is 0. The van der Waals surface area contributed by atoms with Crippen molar-refractivity contribution >= 4 is 13.6 Å². The minimum Gasteiger partial charge on any atom is -0.358 e. The number of rotatable bonds is 1. The van der Waals surface area contributed by atoms with Crippen molar-refractivity contribution in [3.8, 4) is 0 Å². The molecule has 25 heavy (non-hydrogen) atoms. The van der Waals surface area contributed by atoms with Crippen LogP contribution in [0.5, 0.6) is 0 Å². The van der Waals surface area contributed by atoms with Crippen LogP contribution in [0.3, 0.4) is 0 Å². The molecule has 0 saturated carbocycles. The molecule has 0 nitrogen and oxygen atoms in total. The van der Waals surface area contributed by atoms with Gasteiger partial charge in [0, 0.05) is 34.3 Å². The minimum atomic E-state index is -0.436. The van der Waals surface area contributed by atoms with E-state index in [0.717, 1.165) is 6.42 Å². The molecule has 0 aromatic carbocycles. The summed E-state index contributed by atoms with van der Waals surface area (Å²) in [6.07, 6.45) is 13.9. The van der Waals surface area contributed by atoms with Gasteiger partial charge in [0.2, 0.25) is 0 Å². The molecule has 0 bridgehead atoms. The molecule has 0 fully saturated rings. The Labute approximate surface area is 176 Å². The minimum absolute atomic E-state index is 0. The Kier molecular flexibility index (Phi) is 9.14. The molecular formula is C23H31HfSi-3. The summed E-state index contributed by atoms with van der Waals surface area (Å²) in [6.45, 7) is 13.9. The maximum Gasteiger partial charge on any atom is 0.00715 e. The summed E-state index contributed by atoms with van der Waals surface area (Å²) < 4.78 is 0. The molecule has 3 rings (SSSR count). The summed E-state index contributed by atoms with van der Waals surface area (Å²) in [7, 11) is -0.436. The van der Waals surface area contributed by atoms with E-state index >= 15 is 0 Å². The average Bonchev–Trinajstić information content (AvgIpc) is 2.89. The van der Waals surface area contributed by atoms with E-state index < -0.39 is 8.41 Å². The quantitative estimate of drug-likeness (QED) is 0.287. The van der Waals surface area contributed by atoms with E-state index in [1.54, 1.807) is 5.17 Å². The van der Waals surface area contributed by atoms with Gasteiger partial charge in [-0.15, -0.1) is 34.9 Å². The monoisotopic (exact) mass is 515 g/mol. The van der Waals surface area contributed by atoms with E-state index in [1.807, 2.05) is 0 Å². The van der Waals surface area contributed by atoms with Crippen molar-refractivity contribution in [1.82, 2.24) is 0 Å². The molecule has 0 N–H and O–H groups in total. The molecule has 0 radical (unpaired) electrons. The molecule has 0 amide bonds. The van der Waals surface area contributed by atoms with Crippen LogP contribution in [0.25, 0.3) is 0 Å². The van der Waals surface area contributed by atoms with E-state index in [-0.39, 0.29) is 40.7 Å². The van der Waals surface area contributed by atoms with Gasteiger partial charge in [-0.05, 0) is 26.2 Å². The Hall–Kier alpha value is -0.603. The molecule has 0 aromatic rings. The first-order valence-electron chi connectivity index (χ1n) is 8.20. The molecule has 3 aliphatic rings. The molecule has 0 aliphatic heterocycles. The van der Waals surface area contributed by atoms with Crippen LogP contribution in [0.2, 0.25) is 13.1 Å². The van der Waals surface area contributed by atoms with Gasteiger partial charge in [0.1, 0.15) is 0 Å². The standard InChI is InChI=1S/C21H25Si.2CH3.Hf/c1-13-10-11-18(15(13)3)20-14(2)12-17-8-7-9-19(22(5)6)16(4)21(17)20;;;/h7-10,16H,11H2,1-6H3;2*1H3;/q3*-1;. The van der Waals surface area contributed by atoms with Gasteiger partial charge in [-0.1, -0.05) is 61.0 Å². The summed E-state index contributed by atoms with van der Waals surface area (Å²) in [6, 6.07) is 0. The van der Waals surface area contributed by atoms with Gasteiger partial charge in [0.05, 0.1) is 0 Å². The van der Waals surface area contributed by atoms with E-state index in [4.69, 9.17) is 0 Å². The summed E-state index contributed by atoms with van der Waals surface area (Å²) in [5.41, 5.74) is 10.0. The fraction of sp³-hybridized carbons (Fsp3) is 0.348. The van der Waals surface area contributed by atoms with Crippen molar-refractivity contribution in [3.63, 3.8) is 0 Å². The Bertz CT molecular complexity index is 760. The van der Waals surface area contributed by atoms with Gasteiger partial charge >= 0.3 is 0 Å². The number of hydrogen-bond donors (Lipinski definition) is 0. The molecule has 0 spiro atoms. The maximum absolute atomic E-state index is 3.64. The smallest absolute Gasteiger partial charge is 0.00715 e. The van der Waals surface area contributed by atoms with Gasteiger partial charge in [0.15, 0.2) is 0 Å². The van der Waals surface area contributed by atoms with Gasteiger partial charge in [-0.3, -0.25) is 0 Å². The largest absolute Gasteiger partial charge is 0.358 e. The van der Waals surface area contributed by atoms with E-state index in [0.29, 0.717) is 5.92 Å². The topological polar surface area (TPSA) is 0 Å². The van der Waals surface area contributed by atoms with Crippen molar-refractivity contribution in [1.29, 1.82) is 0 Å². The molecule has 0 aromatic heterocycles. The van der Waals surface area contributed by atoms with Crippen LogP contribution in [0.1, 0.15) is 34.1 Å².